The molecule has 0 radical (unpaired) electrons. The zero-order valence-electron chi connectivity index (χ0n) is 13.6. The van der Waals surface area contributed by atoms with Crippen LogP contribution in [0.4, 0.5) is 5.82 Å². The van der Waals surface area contributed by atoms with Gasteiger partial charge in [-0.15, -0.1) is 0 Å². The molecule has 2 aromatic heterocycles. The van der Waals surface area contributed by atoms with Gasteiger partial charge in [-0.3, -0.25) is 0 Å². The predicted octanol–water partition coefficient (Wildman–Crippen LogP) is 2.12. The number of nitrogens with zero attached hydrogens (tertiary/aromatic N) is 4. The number of ether oxygens (including phenoxy) is 2. The van der Waals surface area contributed by atoms with Crippen LogP contribution in [0.3, 0.4) is 0 Å². The molecule has 1 aliphatic rings. The largest absolute Gasteiger partial charge is 0.480 e. The minimum Gasteiger partial charge on any atom is -0.480 e. The molecule has 0 amide bonds. The van der Waals surface area contributed by atoms with Crippen LogP contribution in [0.5, 0.6) is 5.88 Å². The highest BCUT2D eigenvalue weighted by molar-refractivity contribution is 5.94. The van der Waals surface area contributed by atoms with Crippen LogP contribution in [0.2, 0.25) is 0 Å². The quantitative estimate of drug-likeness (QED) is 0.847. The van der Waals surface area contributed by atoms with E-state index in [1.165, 1.54) is 0 Å². The zero-order valence-corrected chi connectivity index (χ0v) is 13.6. The first-order valence-corrected chi connectivity index (χ1v) is 7.61. The van der Waals surface area contributed by atoms with Crippen LogP contribution < -0.4 is 9.64 Å². The Morgan fingerprint density at radius 2 is 2.09 bits per heavy atom. The number of aryl methyl sites for hydroxylation is 2. The van der Waals surface area contributed by atoms with Crippen molar-refractivity contribution >= 4 is 16.7 Å². The first-order valence-electron chi connectivity index (χ1n) is 7.61. The molecule has 1 unspecified atom stereocenters. The average molecular weight is 302 g/mol. The van der Waals surface area contributed by atoms with Crippen molar-refractivity contribution in [3.05, 3.63) is 17.6 Å². The van der Waals surface area contributed by atoms with Gasteiger partial charge in [-0.2, -0.15) is 0 Å². The molecular weight excluding hydrogens is 280 g/mol. The van der Waals surface area contributed by atoms with Crippen LogP contribution in [0.25, 0.3) is 10.9 Å². The lowest BCUT2D eigenvalue weighted by molar-refractivity contribution is 0.129. The van der Waals surface area contributed by atoms with Crippen molar-refractivity contribution in [1.82, 2.24) is 15.0 Å². The molecular formula is C16H22N4O2. The predicted molar refractivity (Wildman–Crippen MR) is 85.6 cm³/mol. The standard InChI is InChI=1S/C16H22N4O2/c1-10-8-20(5-6-22-9-10)15-14-13(18-12(3)19-15)7-11(2)17-16(14)21-4/h7,10H,5-6,8-9H2,1-4H3. The van der Waals surface area contributed by atoms with E-state index in [1.54, 1.807) is 7.11 Å². The van der Waals surface area contributed by atoms with E-state index in [4.69, 9.17) is 9.47 Å². The van der Waals surface area contributed by atoms with Crippen LogP contribution in [0.15, 0.2) is 6.07 Å². The second-order valence-electron chi connectivity index (χ2n) is 5.89. The molecule has 22 heavy (non-hydrogen) atoms. The van der Waals surface area contributed by atoms with Crippen molar-refractivity contribution in [2.24, 2.45) is 5.92 Å². The molecule has 2 aromatic rings. The van der Waals surface area contributed by atoms with Crippen LogP contribution in [-0.2, 0) is 4.74 Å². The molecule has 3 heterocycles. The molecule has 6 nitrogen and oxygen atoms in total. The molecule has 1 aliphatic heterocycles. The summed E-state index contributed by atoms with van der Waals surface area (Å²) in [5.41, 5.74) is 1.77. The van der Waals surface area contributed by atoms with Gasteiger partial charge >= 0.3 is 0 Å². The van der Waals surface area contributed by atoms with E-state index >= 15 is 0 Å². The maximum Gasteiger partial charge on any atom is 0.226 e. The number of anilines is 1. The highest BCUT2D eigenvalue weighted by Gasteiger charge is 2.22. The lowest BCUT2D eigenvalue weighted by Gasteiger charge is -2.25. The van der Waals surface area contributed by atoms with Gasteiger partial charge in [0.2, 0.25) is 5.88 Å². The summed E-state index contributed by atoms with van der Waals surface area (Å²) in [5, 5.41) is 0.882. The van der Waals surface area contributed by atoms with Gasteiger partial charge in [0, 0.05) is 18.8 Å². The zero-order chi connectivity index (χ0) is 15.7. The SMILES string of the molecule is COc1nc(C)cc2nc(C)nc(N3CCOCC(C)C3)c12. The summed E-state index contributed by atoms with van der Waals surface area (Å²) in [7, 11) is 1.64. The maximum absolute atomic E-state index is 5.64. The molecule has 0 aliphatic carbocycles. The van der Waals surface area contributed by atoms with E-state index in [0.29, 0.717) is 18.4 Å². The first-order chi connectivity index (χ1) is 10.6. The fourth-order valence-corrected chi connectivity index (χ4v) is 2.88. The number of fused-ring (bicyclic) bond motifs is 1. The summed E-state index contributed by atoms with van der Waals surface area (Å²) in [6, 6.07) is 1.98. The second-order valence-corrected chi connectivity index (χ2v) is 5.89. The van der Waals surface area contributed by atoms with Gasteiger partial charge in [0.15, 0.2) is 0 Å². The summed E-state index contributed by atoms with van der Waals surface area (Å²) < 4.78 is 11.1. The molecule has 0 bridgehead atoms. The minimum atomic E-state index is 0.456. The van der Waals surface area contributed by atoms with Gasteiger partial charge in [0.05, 0.1) is 25.8 Å². The smallest absolute Gasteiger partial charge is 0.226 e. The van der Waals surface area contributed by atoms with Crippen molar-refractivity contribution in [2.75, 3.05) is 38.3 Å². The first kappa shape index (κ1) is 15.0. The van der Waals surface area contributed by atoms with E-state index in [9.17, 15) is 0 Å². The van der Waals surface area contributed by atoms with Crippen LogP contribution >= 0.6 is 0 Å². The summed E-state index contributed by atoms with van der Waals surface area (Å²) >= 11 is 0. The molecule has 3 rings (SSSR count). The molecule has 0 saturated carbocycles. The normalized spacial score (nSPS) is 19.3. The topological polar surface area (TPSA) is 60.4 Å². The van der Waals surface area contributed by atoms with Crippen molar-refractivity contribution < 1.29 is 9.47 Å². The summed E-state index contributed by atoms with van der Waals surface area (Å²) in [4.78, 5) is 16.0. The van der Waals surface area contributed by atoms with Crippen molar-refractivity contribution in [1.29, 1.82) is 0 Å². The fourth-order valence-electron chi connectivity index (χ4n) is 2.88. The molecule has 0 aromatic carbocycles. The number of rotatable bonds is 2. The molecule has 1 atom stereocenters. The van der Waals surface area contributed by atoms with Crippen LogP contribution in [0.1, 0.15) is 18.4 Å². The van der Waals surface area contributed by atoms with E-state index in [2.05, 4.69) is 26.8 Å². The number of aromatic nitrogens is 3. The van der Waals surface area contributed by atoms with E-state index in [0.717, 1.165) is 47.9 Å². The third-order valence-electron chi connectivity index (χ3n) is 3.80. The van der Waals surface area contributed by atoms with Gasteiger partial charge in [-0.05, 0) is 25.8 Å². The third-order valence-corrected chi connectivity index (χ3v) is 3.80. The Labute approximate surface area is 130 Å². The number of hydrogen-bond donors (Lipinski definition) is 0. The average Bonchev–Trinajstić information content (AvgIpc) is 2.69. The lowest BCUT2D eigenvalue weighted by Crippen LogP contribution is -2.30. The Balaban J connectivity index is 2.19. The van der Waals surface area contributed by atoms with Gasteiger partial charge < -0.3 is 14.4 Å². The fraction of sp³-hybridized carbons (Fsp3) is 0.562. The lowest BCUT2D eigenvalue weighted by atomic mass is 10.1. The molecule has 0 spiro atoms. The van der Waals surface area contributed by atoms with Crippen molar-refractivity contribution in [3.63, 3.8) is 0 Å². The van der Waals surface area contributed by atoms with E-state index in [1.807, 2.05) is 19.9 Å². The monoisotopic (exact) mass is 302 g/mol. The highest BCUT2D eigenvalue weighted by atomic mass is 16.5. The summed E-state index contributed by atoms with van der Waals surface area (Å²) in [5.74, 6) is 2.69. The van der Waals surface area contributed by atoms with Gasteiger partial charge in [-0.1, -0.05) is 6.92 Å². The Morgan fingerprint density at radius 1 is 1.27 bits per heavy atom. The Bertz CT molecular complexity index is 684. The van der Waals surface area contributed by atoms with Crippen LogP contribution in [0, 0.1) is 19.8 Å². The Hall–Kier alpha value is -1.95. The van der Waals surface area contributed by atoms with Gasteiger partial charge in [0.25, 0.3) is 0 Å². The Morgan fingerprint density at radius 3 is 2.86 bits per heavy atom. The van der Waals surface area contributed by atoms with E-state index < -0.39 is 0 Å². The van der Waals surface area contributed by atoms with Crippen molar-refractivity contribution in [2.45, 2.75) is 20.8 Å². The second kappa shape index (κ2) is 6.04. The number of hydrogen-bond acceptors (Lipinski definition) is 6. The van der Waals surface area contributed by atoms with Crippen LogP contribution in [-0.4, -0.2) is 48.4 Å². The molecule has 6 heteroatoms. The maximum atomic E-state index is 5.64. The van der Waals surface area contributed by atoms with Crippen molar-refractivity contribution in [3.8, 4) is 5.88 Å². The molecule has 1 saturated heterocycles. The highest BCUT2D eigenvalue weighted by Crippen LogP contribution is 2.32. The van der Waals surface area contributed by atoms with Gasteiger partial charge in [0.1, 0.15) is 17.0 Å². The number of pyridine rings is 1. The summed E-state index contributed by atoms with van der Waals surface area (Å²) in [6.45, 7) is 9.26. The summed E-state index contributed by atoms with van der Waals surface area (Å²) in [6.07, 6.45) is 0. The third kappa shape index (κ3) is 2.83. The van der Waals surface area contributed by atoms with E-state index in [-0.39, 0.29) is 0 Å². The molecule has 0 N–H and O–H groups in total. The number of methoxy groups -OCH3 is 1. The molecule has 118 valence electrons. The minimum absolute atomic E-state index is 0.456. The molecule has 1 fully saturated rings. The Kier molecular flexibility index (Phi) is 4.11. The van der Waals surface area contributed by atoms with Gasteiger partial charge in [-0.25, -0.2) is 15.0 Å².